The Kier molecular flexibility index (Phi) is 9.14. The molecule has 0 radical (unpaired) electrons. The Hall–Kier alpha value is -5.71. The first-order chi connectivity index (χ1) is 26.3. The number of aryl methyl sites for hydroxylation is 1. The number of aliphatic hydroxyl groups excluding tert-OH is 1. The Balaban J connectivity index is 1.32. The van der Waals surface area contributed by atoms with Crippen molar-refractivity contribution in [1.29, 1.82) is 0 Å². The van der Waals surface area contributed by atoms with Gasteiger partial charge in [0, 0.05) is 30.2 Å². The molecule has 0 fully saturated rings. The van der Waals surface area contributed by atoms with Gasteiger partial charge in [-0.3, -0.25) is 0 Å². The van der Waals surface area contributed by atoms with Gasteiger partial charge in [0.05, 0.1) is 11.7 Å². The first-order valence-electron chi connectivity index (χ1n) is 19.3. The lowest BCUT2D eigenvalue weighted by atomic mass is 9.64. The summed E-state index contributed by atoms with van der Waals surface area (Å²) in [6, 6.07) is 37.3. The molecule has 0 heterocycles. The van der Waals surface area contributed by atoms with Gasteiger partial charge in [-0.05, 0) is 110 Å². The minimum atomic E-state index is -0.962. The molecule has 4 heteroatoms. The largest absolute Gasteiger partial charge is 0.478 e. The van der Waals surface area contributed by atoms with Crippen molar-refractivity contribution >= 4 is 44.9 Å². The fourth-order valence-corrected chi connectivity index (χ4v) is 8.97. The number of hydrogen-bond donors (Lipinski definition) is 2. The number of aliphatic hydroxyl groups is 1. The van der Waals surface area contributed by atoms with Gasteiger partial charge in [-0.25, -0.2) is 4.79 Å². The molecule has 55 heavy (non-hydrogen) atoms. The molecular formula is C51H49NO3. The molecule has 0 bridgehead atoms. The van der Waals surface area contributed by atoms with Crippen LogP contribution in [0.2, 0.25) is 0 Å². The Morgan fingerprint density at radius 2 is 1.55 bits per heavy atom. The summed E-state index contributed by atoms with van der Waals surface area (Å²) in [7, 11) is 2.20. The van der Waals surface area contributed by atoms with E-state index in [9.17, 15) is 15.0 Å². The van der Waals surface area contributed by atoms with Gasteiger partial charge in [0.25, 0.3) is 0 Å². The SMILES string of the molecule is Cc1ccc(CN(C)c2cc(-c3ccc4ccccc4c3C(O)C=Cc3ccc(C(=O)O)cc3)cc3ccc4c(c23)C(C)(C)CC2=C4C=CC(C)(C)C2)cc1. The van der Waals surface area contributed by atoms with E-state index in [0.717, 1.165) is 52.4 Å². The first kappa shape index (κ1) is 36.3. The van der Waals surface area contributed by atoms with Crippen LogP contribution >= 0.6 is 0 Å². The minimum Gasteiger partial charge on any atom is -0.478 e. The molecule has 0 spiro atoms. The number of hydrogen-bond acceptors (Lipinski definition) is 3. The van der Waals surface area contributed by atoms with Crippen molar-refractivity contribution in [3.8, 4) is 11.1 Å². The molecule has 4 nitrogen and oxygen atoms in total. The molecule has 6 aromatic carbocycles. The molecule has 2 aliphatic carbocycles. The Bertz CT molecular complexity index is 2570. The van der Waals surface area contributed by atoms with Crippen molar-refractivity contribution < 1.29 is 15.0 Å². The number of allylic oxidation sites excluding steroid dienone is 4. The summed E-state index contributed by atoms with van der Waals surface area (Å²) < 4.78 is 0. The number of fused-ring (bicyclic) bond motifs is 5. The van der Waals surface area contributed by atoms with Crippen molar-refractivity contribution in [2.24, 2.45) is 5.41 Å². The van der Waals surface area contributed by atoms with E-state index in [4.69, 9.17) is 0 Å². The maximum atomic E-state index is 12.0. The third kappa shape index (κ3) is 6.92. The molecule has 0 saturated heterocycles. The number of rotatable bonds is 8. The van der Waals surface area contributed by atoms with E-state index in [-0.39, 0.29) is 16.4 Å². The van der Waals surface area contributed by atoms with E-state index in [1.54, 1.807) is 35.9 Å². The van der Waals surface area contributed by atoms with E-state index >= 15 is 0 Å². The van der Waals surface area contributed by atoms with Crippen LogP contribution in [-0.2, 0) is 12.0 Å². The zero-order chi connectivity index (χ0) is 38.6. The lowest BCUT2D eigenvalue weighted by Crippen LogP contribution is -2.28. The highest BCUT2D eigenvalue weighted by molar-refractivity contribution is 6.05. The van der Waals surface area contributed by atoms with Crippen LogP contribution in [0.25, 0.3) is 44.3 Å². The van der Waals surface area contributed by atoms with Crippen molar-refractivity contribution in [2.45, 2.75) is 65.5 Å². The second-order valence-corrected chi connectivity index (χ2v) is 17.0. The number of carboxylic acids is 1. The highest BCUT2D eigenvalue weighted by Crippen LogP contribution is 2.53. The molecule has 6 aromatic rings. The van der Waals surface area contributed by atoms with E-state index in [0.29, 0.717) is 0 Å². The number of anilines is 1. The standard InChI is InChI=1S/C51H49NO3/c1-32-11-13-34(14-12-32)31-52(6)44-28-38(27-37-21-23-43-40-25-26-50(2,3)29-39(40)30-51(4,5)48(43)46(37)44)42-22-20-35-9-7-8-10-41(35)47(42)45(53)24-17-33-15-18-36(19-16-33)49(54)55/h7-28,45,53H,29-31H2,1-6H3,(H,54,55). The average Bonchev–Trinajstić information content (AvgIpc) is 3.16. The number of nitrogens with zero attached hydrogens (tertiary/aromatic N) is 1. The van der Waals surface area contributed by atoms with Gasteiger partial charge >= 0.3 is 5.97 Å². The summed E-state index contributed by atoms with van der Waals surface area (Å²) in [6.07, 6.45) is 9.61. The molecule has 1 atom stereocenters. The Morgan fingerprint density at radius 3 is 2.29 bits per heavy atom. The summed E-state index contributed by atoms with van der Waals surface area (Å²) >= 11 is 0. The third-order valence-electron chi connectivity index (χ3n) is 11.6. The highest BCUT2D eigenvalue weighted by Gasteiger charge is 2.37. The van der Waals surface area contributed by atoms with Crippen LogP contribution in [0, 0.1) is 12.3 Å². The fourth-order valence-electron chi connectivity index (χ4n) is 8.97. The third-order valence-corrected chi connectivity index (χ3v) is 11.6. The zero-order valence-corrected chi connectivity index (χ0v) is 32.7. The van der Waals surface area contributed by atoms with Gasteiger partial charge in [0.15, 0.2) is 0 Å². The first-order valence-corrected chi connectivity index (χ1v) is 19.3. The van der Waals surface area contributed by atoms with Crippen LogP contribution in [0.3, 0.4) is 0 Å². The number of carboxylic acid groups (broad SMARTS) is 1. The summed E-state index contributed by atoms with van der Waals surface area (Å²) in [5.74, 6) is -0.962. The molecule has 0 saturated carbocycles. The smallest absolute Gasteiger partial charge is 0.335 e. The van der Waals surface area contributed by atoms with Crippen LogP contribution in [0.15, 0.2) is 133 Å². The van der Waals surface area contributed by atoms with Gasteiger partial charge in [0.1, 0.15) is 0 Å². The predicted molar refractivity (Wildman–Crippen MR) is 230 cm³/mol. The van der Waals surface area contributed by atoms with Crippen LogP contribution < -0.4 is 4.90 Å². The summed E-state index contributed by atoms with van der Waals surface area (Å²) in [5, 5.41) is 25.9. The maximum Gasteiger partial charge on any atom is 0.335 e. The van der Waals surface area contributed by atoms with Crippen LogP contribution in [0.1, 0.15) is 90.4 Å². The second-order valence-electron chi connectivity index (χ2n) is 17.0. The van der Waals surface area contributed by atoms with Gasteiger partial charge in [-0.15, -0.1) is 0 Å². The van der Waals surface area contributed by atoms with E-state index < -0.39 is 12.1 Å². The normalized spacial score (nSPS) is 16.3. The molecule has 1 unspecified atom stereocenters. The van der Waals surface area contributed by atoms with Gasteiger partial charge in [0.2, 0.25) is 0 Å². The topological polar surface area (TPSA) is 60.8 Å². The fraction of sp³-hybridized carbons (Fsp3) is 0.235. The molecule has 276 valence electrons. The zero-order valence-electron chi connectivity index (χ0n) is 32.7. The highest BCUT2D eigenvalue weighted by atomic mass is 16.4. The number of benzene rings is 6. The Labute approximate surface area is 324 Å². The lowest BCUT2D eigenvalue weighted by molar-refractivity contribution is 0.0697. The van der Waals surface area contributed by atoms with E-state index in [1.165, 1.54) is 44.3 Å². The predicted octanol–water partition coefficient (Wildman–Crippen LogP) is 12.5. The van der Waals surface area contributed by atoms with Gasteiger partial charge < -0.3 is 15.1 Å². The van der Waals surface area contributed by atoms with Gasteiger partial charge in [-0.1, -0.05) is 148 Å². The van der Waals surface area contributed by atoms with Crippen molar-refractivity contribution in [2.75, 3.05) is 11.9 Å². The second kappa shape index (κ2) is 13.9. The summed E-state index contributed by atoms with van der Waals surface area (Å²) in [4.78, 5) is 13.8. The van der Waals surface area contributed by atoms with E-state index in [1.807, 2.05) is 18.2 Å². The van der Waals surface area contributed by atoms with Crippen LogP contribution in [0.4, 0.5) is 5.69 Å². The van der Waals surface area contributed by atoms with E-state index in [2.05, 4.69) is 132 Å². The van der Waals surface area contributed by atoms with Gasteiger partial charge in [-0.2, -0.15) is 0 Å². The molecule has 8 rings (SSSR count). The average molecular weight is 724 g/mol. The summed E-state index contributed by atoms with van der Waals surface area (Å²) in [5.41, 5.74) is 13.3. The van der Waals surface area contributed by atoms with Crippen molar-refractivity contribution in [1.82, 2.24) is 0 Å². The molecule has 2 aliphatic rings. The maximum absolute atomic E-state index is 12.0. The van der Waals surface area contributed by atoms with Crippen molar-refractivity contribution in [3.63, 3.8) is 0 Å². The minimum absolute atomic E-state index is 0.0757. The quantitative estimate of drug-likeness (QED) is 0.164. The lowest BCUT2D eigenvalue weighted by Gasteiger charge is -2.41. The molecule has 0 amide bonds. The van der Waals surface area contributed by atoms with Crippen molar-refractivity contribution in [3.05, 3.63) is 172 Å². The number of aromatic carboxylic acids is 1. The van der Waals surface area contributed by atoms with Crippen LogP contribution in [-0.4, -0.2) is 23.2 Å². The molecule has 0 aromatic heterocycles. The Morgan fingerprint density at radius 1 is 0.836 bits per heavy atom. The summed E-state index contributed by atoms with van der Waals surface area (Å²) in [6.45, 7) is 12.4. The number of carbonyl (C=O) groups is 1. The monoisotopic (exact) mass is 723 g/mol. The van der Waals surface area contributed by atoms with Crippen LogP contribution in [0.5, 0.6) is 0 Å². The molecular weight excluding hydrogens is 675 g/mol. The molecule has 2 N–H and O–H groups in total. The molecule has 0 aliphatic heterocycles.